The molecule has 2 unspecified atom stereocenters. The number of hydrogen-bond donors (Lipinski definition) is 1. The van der Waals surface area contributed by atoms with Crippen molar-refractivity contribution in [2.24, 2.45) is 0 Å². The van der Waals surface area contributed by atoms with Crippen molar-refractivity contribution in [3.63, 3.8) is 0 Å². The Labute approximate surface area is 155 Å². The average molecular weight is 364 g/mol. The summed E-state index contributed by atoms with van der Waals surface area (Å²) in [6, 6.07) is 6.97. The molecule has 8 heteroatoms. The van der Waals surface area contributed by atoms with Crippen molar-refractivity contribution in [3.05, 3.63) is 52.3 Å². The molecule has 1 aliphatic carbocycles. The van der Waals surface area contributed by atoms with Crippen LogP contribution >= 0.6 is 0 Å². The van der Waals surface area contributed by atoms with Crippen LogP contribution in [0.5, 0.6) is 0 Å². The highest BCUT2D eigenvalue weighted by Crippen LogP contribution is 2.38. The molecule has 0 bridgehead atoms. The smallest absolute Gasteiger partial charge is 0.267 e. The van der Waals surface area contributed by atoms with Gasteiger partial charge >= 0.3 is 0 Å². The summed E-state index contributed by atoms with van der Waals surface area (Å²) in [5.41, 5.74) is 1.54. The van der Waals surface area contributed by atoms with E-state index in [1.54, 1.807) is 16.9 Å². The zero-order valence-electron chi connectivity index (χ0n) is 15.0. The molecule has 0 radical (unpaired) electrons. The maximum Gasteiger partial charge on any atom is 0.267 e. The first-order valence-corrected chi connectivity index (χ1v) is 9.22. The SMILES string of the molecule is Cc1nc(NC2COCC2n2nc(C3CC3)ccc2=O)c2cccnc2n1. The topological polar surface area (TPSA) is 94.8 Å². The van der Waals surface area contributed by atoms with Gasteiger partial charge in [0, 0.05) is 18.2 Å². The van der Waals surface area contributed by atoms with E-state index in [2.05, 4.69) is 25.4 Å². The lowest BCUT2D eigenvalue weighted by Crippen LogP contribution is -2.37. The Morgan fingerprint density at radius 2 is 2.07 bits per heavy atom. The Morgan fingerprint density at radius 1 is 1.19 bits per heavy atom. The summed E-state index contributed by atoms with van der Waals surface area (Å²) < 4.78 is 7.26. The lowest BCUT2D eigenvalue weighted by atomic mass is 10.1. The van der Waals surface area contributed by atoms with Crippen LogP contribution in [0.15, 0.2) is 35.3 Å². The van der Waals surface area contributed by atoms with Crippen LogP contribution in [-0.2, 0) is 4.74 Å². The number of aryl methyl sites for hydroxylation is 1. The van der Waals surface area contributed by atoms with Crippen LogP contribution < -0.4 is 10.9 Å². The van der Waals surface area contributed by atoms with Crippen molar-refractivity contribution in [3.8, 4) is 0 Å². The van der Waals surface area contributed by atoms with Gasteiger partial charge in [-0.2, -0.15) is 5.10 Å². The second-order valence-corrected chi connectivity index (χ2v) is 7.16. The minimum absolute atomic E-state index is 0.105. The normalized spacial score (nSPS) is 22.3. The van der Waals surface area contributed by atoms with Gasteiger partial charge in [-0.15, -0.1) is 0 Å². The fourth-order valence-electron chi connectivity index (χ4n) is 3.55. The van der Waals surface area contributed by atoms with E-state index < -0.39 is 0 Å². The third-order valence-electron chi connectivity index (χ3n) is 5.11. The van der Waals surface area contributed by atoms with E-state index in [1.807, 2.05) is 25.1 Å². The van der Waals surface area contributed by atoms with Gasteiger partial charge in [0.15, 0.2) is 5.65 Å². The van der Waals surface area contributed by atoms with E-state index in [0.29, 0.717) is 36.4 Å². The Morgan fingerprint density at radius 3 is 2.93 bits per heavy atom. The molecule has 3 aromatic heterocycles. The van der Waals surface area contributed by atoms with Crippen molar-refractivity contribution in [2.75, 3.05) is 18.5 Å². The van der Waals surface area contributed by atoms with Crippen molar-refractivity contribution in [1.29, 1.82) is 0 Å². The molecule has 2 atom stereocenters. The minimum atomic E-state index is -0.182. The molecule has 27 heavy (non-hydrogen) atoms. The van der Waals surface area contributed by atoms with Crippen molar-refractivity contribution < 1.29 is 4.74 Å². The van der Waals surface area contributed by atoms with Crippen LogP contribution in [0, 0.1) is 6.92 Å². The highest BCUT2D eigenvalue weighted by Gasteiger charge is 2.33. The van der Waals surface area contributed by atoms with Crippen molar-refractivity contribution in [1.82, 2.24) is 24.7 Å². The van der Waals surface area contributed by atoms with Crippen LogP contribution in [0.2, 0.25) is 0 Å². The second-order valence-electron chi connectivity index (χ2n) is 7.16. The summed E-state index contributed by atoms with van der Waals surface area (Å²) in [5.74, 6) is 1.84. The van der Waals surface area contributed by atoms with E-state index in [1.165, 1.54) is 0 Å². The summed E-state index contributed by atoms with van der Waals surface area (Å²) in [6.45, 7) is 2.77. The van der Waals surface area contributed by atoms with Crippen LogP contribution in [0.3, 0.4) is 0 Å². The zero-order chi connectivity index (χ0) is 18.4. The number of hydrogen-bond acceptors (Lipinski definition) is 7. The van der Waals surface area contributed by atoms with Gasteiger partial charge < -0.3 is 10.1 Å². The number of anilines is 1. The fraction of sp³-hybridized carbons (Fsp3) is 0.421. The summed E-state index contributed by atoms with van der Waals surface area (Å²) in [7, 11) is 0. The maximum atomic E-state index is 12.4. The molecule has 5 rings (SSSR count). The quantitative estimate of drug-likeness (QED) is 0.754. The number of fused-ring (bicyclic) bond motifs is 1. The number of nitrogens with zero attached hydrogens (tertiary/aromatic N) is 5. The number of nitrogens with one attached hydrogen (secondary N) is 1. The molecule has 2 aliphatic rings. The molecule has 1 saturated heterocycles. The lowest BCUT2D eigenvalue weighted by Gasteiger charge is -2.22. The third-order valence-corrected chi connectivity index (χ3v) is 5.11. The van der Waals surface area contributed by atoms with Crippen molar-refractivity contribution >= 4 is 16.9 Å². The van der Waals surface area contributed by atoms with Gasteiger partial charge in [-0.25, -0.2) is 19.6 Å². The molecule has 4 heterocycles. The molecule has 2 fully saturated rings. The standard InChI is InChI=1S/C19H20N6O2/c1-11-21-18-13(3-2-8-20-18)19(22-11)23-15-9-27-10-16(15)25-17(26)7-6-14(24-25)12-4-5-12/h2-3,6-8,12,15-16H,4-5,9-10H2,1H3,(H,20,21,22,23). The first-order chi connectivity index (χ1) is 13.2. The van der Waals surface area contributed by atoms with Gasteiger partial charge in [-0.3, -0.25) is 4.79 Å². The van der Waals surface area contributed by atoms with E-state index in [4.69, 9.17) is 4.74 Å². The monoisotopic (exact) mass is 364 g/mol. The molecular formula is C19H20N6O2. The largest absolute Gasteiger partial charge is 0.377 e. The van der Waals surface area contributed by atoms with Crippen LogP contribution in [0.25, 0.3) is 11.0 Å². The first-order valence-electron chi connectivity index (χ1n) is 9.22. The van der Waals surface area contributed by atoms with Gasteiger partial charge in [-0.05, 0) is 38.0 Å². The summed E-state index contributed by atoms with van der Waals surface area (Å²) >= 11 is 0. The first kappa shape index (κ1) is 16.3. The van der Waals surface area contributed by atoms with Gasteiger partial charge in [0.05, 0.1) is 30.3 Å². The van der Waals surface area contributed by atoms with Gasteiger partial charge in [0.25, 0.3) is 5.56 Å². The van der Waals surface area contributed by atoms with Crippen molar-refractivity contribution in [2.45, 2.75) is 37.8 Å². The molecule has 1 aliphatic heterocycles. The Bertz CT molecular complexity index is 1060. The molecule has 1 saturated carbocycles. The highest BCUT2D eigenvalue weighted by atomic mass is 16.5. The molecule has 1 N–H and O–H groups in total. The second kappa shape index (κ2) is 6.38. The predicted octanol–water partition coefficient (Wildman–Crippen LogP) is 1.82. The zero-order valence-corrected chi connectivity index (χ0v) is 15.0. The highest BCUT2D eigenvalue weighted by molar-refractivity contribution is 5.86. The molecular weight excluding hydrogens is 344 g/mol. The van der Waals surface area contributed by atoms with Crippen LogP contribution in [0.4, 0.5) is 5.82 Å². The number of aromatic nitrogens is 5. The van der Waals surface area contributed by atoms with E-state index in [0.717, 1.165) is 23.9 Å². The number of rotatable bonds is 4. The molecule has 0 aromatic carbocycles. The fourth-order valence-corrected chi connectivity index (χ4v) is 3.55. The molecule has 8 nitrogen and oxygen atoms in total. The molecule has 3 aromatic rings. The van der Waals surface area contributed by atoms with Gasteiger partial charge in [-0.1, -0.05) is 0 Å². The summed E-state index contributed by atoms with van der Waals surface area (Å²) in [6.07, 6.45) is 4.01. The number of ether oxygens (including phenoxy) is 1. The van der Waals surface area contributed by atoms with Crippen LogP contribution in [-0.4, -0.2) is 44.0 Å². The lowest BCUT2D eigenvalue weighted by molar-refractivity contribution is 0.182. The summed E-state index contributed by atoms with van der Waals surface area (Å²) in [4.78, 5) is 25.7. The number of pyridine rings is 1. The average Bonchev–Trinajstić information content (AvgIpc) is 3.42. The Kier molecular flexibility index (Phi) is 3.86. The van der Waals surface area contributed by atoms with E-state index >= 15 is 0 Å². The van der Waals surface area contributed by atoms with E-state index in [-0.39, 0.29) is 17.6 Å². The molecule has 0 amide bonds. The minimum Gasteiger partial charge on any atom is -0.377 e. The van der Waals surface area contributed by atoms with Crippen LogP contribution in [0.1, 0.15) is 36.3 Å². The van der Waals surface area contributed by atoms with Gasteiger partial charge in [0.1, 0.15) is 17.7 Å². The Hall–Kier alpha value is -2.87. The Balaban J connectivity index is 1.49. The molecule has 0 spiro atoms. The third kappa shape index (κ3) is 3.06. The summed E-state index contributed by atoms with van der Waals surface area (Å²) in [5, 5.41) is 8.92. The van der Waals surface area contributed by atoms with Gasteiger partial charge in [0.2, 0.25) is 0 Å². The predicted molar refractivity (Wildman–Crippen MR) is 99.8 cm³/mol. The molecule has 138 valence electrons. The van der Waals surface area contributed by atoms with E-state index in [9.17, 15) is 4.79 Å². The maximum absolute atomic E-state index is 12.4.